The summed E-state index contributed by atoms with van der Waals surface area (Å²) in [4.78, 5) is 8.42. The summed E-state index contributed by atoms with van der Waals surface area (Å²) in [5, 5.41) is 3.67. The zero-order valence-corrected chi connectivity index (χ0v) is 12.7. The zero-order chi connectivity index (χ0) is 14.2. The van der Waals surface area contributed by atoms with E-state index in [0.717, 1.165) is 31.2 Å². The molecule has 1 saturated carbocycles. The molecule has 1 aromatic heterocycles. The van der Waals surface area contributed by atoms with Crippen LogP contribution in [0.2, 0.25) is 0 Å². The molecule has 110 valence electrons. The molecule has 3 rings (SSSR count). The number of aryl methyl sites for hydroxylation is 1. The summed E-state index contributed by atoms with van der Waals surface area (Å²) < 4.78 is 5.99. The van der Waals surface area contributed by atoms with Gasteiger partial charge in [0.2, 0.25) is 0 Å². The fraction of sp³-hybridized carbons (Fsp3) is 0.750. The normalized spacial score (nSPS) is 31.4. The van der Waals surface area contributed by atoms with Crippen molar-refractivity contribution in [2.24, 2.45) is 11.3 Å². The molecule has 0 bridgehead atoms. The molecule has 2 fully saturated rings. The average Bonchev–Trinajstić information content (AvgIpc) is 3.20. The molecule has 1 N–H and O–H groups in total. The maximum Gasteiger partial charge on any atom is 0.115 e. The molecule has 0 radical (unpaired) electrons. The smallest absolute Gasteiger partial charge is 0.115 e. The second-order valence-electron chi connectivity index (χ2n) is 6.70. The van der Waals surface area contributed by atoms with Crippen LogP contribution in [0.3, 0.4) is 0 Å². The Balaban J connectivity index is 1.62. The molecule has 3 atom stereocenters. The van der Waals surface area contributed by atoms with Gasteiger partial charge in [0.15, 0.2) is 0 Å². The van der Waals surface area contributed by atoms with Gasteiger partial charge in [-0.25, -0.2) is 9.97 Å². The molecule has 4 heteroatoms. The second-order valence-corrected chi connectivity index (χ2v) is 6.70. The molecular weight excluding hydrogens is 250 g/mol. The third-order valence-electron chi connectivity index (χ3n) is 4.94. The van der Waals surface area contributed by atoms with Crippen molar-refractivity contribution in [3.8, 4) is 0 Å². The highest BCUT2D eigenvalue weighted by Crippen LogP contribution is 2.47. The van der Waals surface area contributed by atoms with Gasteiger partial charge in [0, 0.05) is 42.1 Å². The van der Waals surface area contributed by atoms with Crippen LogP contribution in [-0.4, -0.2) is 29.2 Å². The topological polar surface area (TPSA) is 47.0 Å². The fourth-order valence-corrected chi connectivity index (χ4v) is 3.38. The Labute approximate surface area is 121 Å². The monoisotopic (exact) mass is 275 g/mol. The van der Waals surface area contributed by atoms with Crippen LogP contribution in [0.1, 0.15) is 50.4 Å². The lowest BCUT2D eigenvalue weighted by atomic mass is 9.80. The molecular formula is C16H25N3O. The quantitative estimate of drug-likeness (QED) is 0.897. The van der Waals surface area contributed by atoms with Gasteiger partial charge >= 0.3 is 0 Å². The van der Waals surface area contributed by atoms with E-state index in [0.29, 0.717) is 6.10 Å². The molecule has 1 saturated heterocycles. The van der Waals surface area contributed by atoms with Crippen molar-refractivity contribution in [3.63, 3.8) is 0 Å². The van der Waals surface area contributed by atoms with Gasteiger partial charge < -0.3 is 10.1 Å². The number of rotatable bonds is 5. The van der Waals surface area contributed by atoms with Crippen LogP contribution in [-0.2, 0) is 4.74 Å². The van der Waals surface area contributed by atoms with Crippen molar-refractivity contribution in [2.45, 2.75) is 52.2 Å². The van der Waals surface area contributed by atoms with Crippen LogP contribution in [0.4, 0.5) is 0 Å². The predicted molar refractivity (Wildman–Crippen MR) is 78.4 cm³/mol. The second kappa shape index (κ2) is 5.41. The van der Waals surface area contributed by atoms with Gasteiger partial charge in [0.1, 0.15) is 6.33 Å². The molecule has 3 unspecified atom stereocenters. The van der Waals surface area contributed by atoms with Crippen LogP contribution in [0.15, 0.2) is 12.5 Å². The Morgan fingerprint density at radius 3 is 3.00 bits per heavy atom. The fourth-order valence-electron chi connectivity index (χ4n) is 3.38. The molecule has 1 aromatic rings. The maximum atomic E-state index is 5.99. The summed E-state index contributed by atoms with van der Waals surface area (Å²) in [6.45, 7) is 8.53. The third-order valence-corrected chi connectivity index (χ3v) is 4.94. The first-order valence-electron chi connectivity index (χ1n) is 7.72. The summed E-state index contributed by atoms with van der Waals surface area (Å²) in [5.41, 5.74) is 2.53. The van der Waals surface area contributed by atoms with E-state index in [1.165, 1.54) is 18.4 Å². The van der Waals surface area contributed by atoms with Gasteiger partial charge in [-0.3, -0.25) is 0 Å². The number of ether oxygens (including phenoxy) is 1. The van der Waals surface area contributed by atoms with Gasteiger partial charge in [-0.15, -0.1) is 0 Å². The summed E-state index contributed by atoms with van der Waals surface area (Å²) >= 11 is 0. The van der Waals surface area contributed by atoms with Crippen LogP contribution < -0.4 is 5.32 Å². The first-order chi connectivity index (χ1) is 9.60. The summed E-state index contributed by atoms with van der Waals surface area (Å²) in [7, 11) is 0. The number of hydrogen-bond donors (Lipinski definition) is 1. The van der Waals surface area contributed by atoms with E-state index in [1.807, 2.05) is 13.1 Å². The Kier molecular flexibility index (Phi) is 3.78. The van der Waals surface area contributed by atoms with Gasteiger partial charge in [0.25, 0.3) is 0 Å². The highest BCUT2D eigenvalue weighted by atomic mass is 16.5. The summed E-state index contributed by atoms with van der Waals surface area (Å²) in [6, 6.07) is 0.286. The van der Waals surface area contributed by atoms with E-state index >= 15 is 0 Å². The van der Waals surface area contributed by atoms with Gasteiger partial charge in [-0.2, -0.15) is 0 Å². The molecule has 1 aliphatic heterocycles. The molecule has 2 aliphatic rings. The molecule has 2 heterocycles. The van der Waals surface area contributed by atoms with Gasteiger partial charge in [-0.05, 0) is 39.0 Å². The summed E-state index contributed by atoms with van der Waals surface area (Å²) in [6.07, 6.45) is 7.85. The highest BCUT2D eigenvalue weighted by Gasteiger charge is 2.47. The van der Waals surface area contributed by atoms with E-state index in [1.54, 1.807) is 6.33 Å². The number of nitrogens with one attached hydrogen (secondary N) is 1. The minimum Gasteiger partial charge on any atom is -0.377 e. The van der Waals surface area contributed by atoms with Crippen molar-refractivity contribution < 1.29 is 4.74 Å². The van der Waals surface area contributed by atoms with E-state index in [-0.39, 0.29) is 11.5 Å². The number of aromatic nitrogens is 2. The molecule has 4 nitrogen and oxygen atoms in total. The largest absolute Gasteiger partial charge is 0.377 e. The minimum absolute atomic E-state index is 0.277. The highest BCUT2D eigenvalue weighted by molar-refractivity contribution is 5.18. The predicted octanol–water partition coefficient (Wildman–Crippen LogP) is 2.64. The zero-order valence-electron chi connectivity index (χ0n) is 12.7. The van der Waals surface area contributed by atoms with E-state index in [2.05, 4.69) is 29.1 Å². The van der Waals surface area contributed by atoms with E-state index in [4.69, 9.17) is 4.74 Å². The Hall–Kier alpha value is -1.00. The number of nitrogens with zero attached hydrogens (tertiary/aromatic N) is 2. The van der Waals surface area contributed by atoms with Gasteiger partial charge in [0.05, 0.1) is 6.10 Å². The first-order valence-corrected chi connectivity index (χ1v) is 7.72. The maximum absolute atomic E-state index is 5.99. The van der Waals surface area contributed by atoms with Crippen molar-refractivity contribution in [3.05, 3.63) is 23.8 Å². The summed E-state index contributed by atoms with van der Waals surface area (Å²) in [5.74, 6) is 0.807. The number of hydrogen-bond acceptors (Lipinski definition) is 4. The van der Waals surface area contributed by atoms with Crippen molar-refractivity contribution in [2.75, 3.05) is 13.2 Å². The lowest BCUT2D eigenvalue weighted by Crippen LogP contribution is -2.40. The Bertz CT molecular complexity index is 475. The molecule has 20 heavy (non-hydrogen) atoms. The average molecular weight is 275 g/mol. The van der Waals surface area contributed by atoms with Crippen molar-refractivity contribution in [1.29, 1.82) is 0 Å². The SMILES string of the molecule is Cc1ncncc1C(C)NCC1(C)CCOC1C1CC1. The van der Waals surface area contributed by atoms with E-state index in [9.17, 15) is 0 Å². The molecule has 1 aliphatic carbocycles. The third kappa shape index (κ3) is 2.72. The van der Waals surface area contributed by atoms with Crippen molar-refractivity contribution >= 4 is 0 Å². The van der Waals surface area contributed by atoms with Crippen LogP contribution in [0.25, 0.3) is 0 Å². The Morgan fingerprint density at radius 2 is 2.30 bits per heavy atom. The molecule has 0 spiro atoms. The van der Waals surface area contributed by atoms with Gasteiger partial charge in [-0.1, -0.05) is 6.92 Å². The first kappa shape index (κ1) is 14.0. The van der Waals surface area contributed by atoms with Crippen molar-refractivity contribution in [1.82, 2.24) is 15.3 Å². The lowest BCUT2D eigenvalue weighted by molar-refractivity contribution is 0.0378. The van der Waals surface area contributed by atoms with Crippen LogP contribution in [0, 0.1) is 18.3 Å². The molecule has 0 aromatic carbocycles. The Morgan fingerprint density at radius 1 is 1.50 bits per heavy atom. The minimum atomic E-state index is 0.277. The van der Waals surface area contributed by atoms with Crippen LogP contribution >= 0.6 is 0 Å². The van der Waals surface area contributed by atoms with Crippen LogP contribution in [0.5, 0.6) is 0 Å². The van der Waals surface area contributed by atoms with E-state index < -0.39 is 0 Å². The standard InChI is InChI=1S/C16H25N3O/c1-11(14-8-17-10-19-12(14)2)18-9-16(3)6-7-20-15(16)13-4-5-13/h8,10-11,13,15,18H,4-7,9H2,1-3H3. The lowest BCUT2D eigenvalue weighted by Gasteiger charge is -2.32. The molecule has 0 amide bonds.